The molecule has 0 nitrogen and oxygen atoms in total. The maximum atomic E-state index is 3.93. The summed E-state index contributed by atoms with van der Waals surface area (Å²) >= 11 is 0. The minimum Gasteiger partial charge on any atom is -0.112 e. The number of allylic oxidation sites excluding steroid dienone is 1. The third-order valence-corrected chi connectivity index (χ3v) is 6.35. The molecule has 27 heavy (non-hydrogen) atoms. The van der Waals surface area contributed by atoms with Crippen molar-refractivity contribution in [2.24, 2.45) is 11.8 Å². The van der Waals surface area contributed by atoms with Gasteiger partial charge >= 0.3 is 0 Å². The lowest BCUT2D eigenvalue weighted by molar-refractivity contribution is 0.491. The van der Waals surface area contributed by atoms with Crippen LogP contribution in [-0.2, 0) is 0 Å². The summed E-state index contributed by atoms with van der Waals surface area (Å²) in [5.41, 5.74) is 9.40. The van der Waals surface area contributed by atoms with Gasteiger partial charge in [-0.05, 0) is 41.4 Å². The molecular weight excluding hydrogens is 324 g/mol. The molecule has 2 aromatic carbocycles. The number of hydrogen-bond acceptors (Lipinski definition) is 0. The van der Waals surface area contributed by atoms with Crippen LogP contribution in [0.1, 0.15) is 75.3 Å². The molecule has 2 aliphatic carbocycles. The van der Waals surface area contributed by atoms with Crippen LogP contribution in [-0.4, -0.2) is 0 Å². The summed E-state index contributed by atoms with van der Waals surface area (Å²) in [6.07, 6.45) is 14.2. The van der Waals surface area contributed by atoms with Gasteiger partial charge in [-0.1, -0.05) is 112 Å². The molecular formula is C27H32. The Morgan fingerprint density at radius 2 is 0.963 bits per heavy atom. The van der Waals surface area contributed by atoms with Crippen LogP contribution < -0.4 is 0 Å². The monoisotopic (exact) mass is 356 g/mol. The molecule has 0 unspecified atom stereocenters. The second-order valence-electron chi connectivity index (χ2n) is 8.31. The highest BCUT2D eigenvalue weighted by Gasteiger charge is 2.42. The highest BCUT2D eigenvalue weighted by molar-refractivity contribution is 5.80. The Hall–Kier alpha value is -2.04. The van der Waals surface area contributed by atoms with Crippen LogP contribution in [0.5, 0.6) is 0 Å². The minimum absolute atomic E-state index is 0.798. The molecule has 0 amide bonds. The fourth-order valence-electron chi connectivity index (χ4n) is 4.73. The standard InChI is InChI=1S/C27H32/c1-2-4-6-14-20-25-24(19-13-5-3-1)27(25)21-26(22-15-9-7-10-16-22)23-17-11-8-12-18-23/h7-12,15-18,24-25H,1-6,13-14,19-20H2/t24-,25-/m0/s1. The molecule has 0 bridgehead atoms. The van der Waals surface area contributed by atoms with Crippen LogP contribution in [0.2, 0.25) is 0 Å². The van der Waals surface area contributed by atoms with Gasteiger partial charge < -0.3 is 0 Å². The molecule has 0 heteroatoms. The zero-order chi connectivity index (χ0) is 18.3. The number of benzene rings is 2. The van der Waals surface area contributed by atoms with Crippen molar-refractivity contribution in [2.45, 2.75) is 64.2 Å². The molecule has 0 aromatic heterocycles. The predicted octanol–water partition coefficient (Wildman–Crippen LogP) is 7.80. The van der Waals surface area contributed by atoms with Crippen LogP contribution in [0.3, 0.4) is 0 Å². The van der Waals surface area contributed by atoms with Crippen molar-refractivity contribution in [3.05, 3.63) is 83.1 Å². The Balaban J connectivity index is 1.66. The van der Waals surface area contributed by atoms with E-state index in [1.54, 1.807) is 5.57 Å². The molecule has 2 fully saturated rings. The van der Waals surface area contributed by atoms with Crippen molar-refractivity contribution >= 4 is 5.57 Å². The summed E-state index contributed by atoms with van der Waals surface area (Å²) < 4.78 is 0. The van der Waals surface area contributed by atoms with E-state index in [0.29, 0.717) is 0 Å². The molecule has 2 aromatic rings. The SMILES string of the molecule is C(=C(c1ccccc1)c1ccccc1)=C1[C@H]2CCCCCCCCCC[C@H]12. The topological polar surface area (TPSA) is 0 Å². The molecule has 0 saturated heterocycles. The van der Waals surface area contributed by atoms with Gasteiger partial charge in [0.1, 0.15) is 0 Å². The third kappa shape index (κ3) is 4.82. The van der Waals surface area contributed by atoms with Gasteiger partial charge in [-0.15, -0.1) is 5.73 Å². The van der Waals surface area contributed by atoms with Crippen molar-refractivity contribution in [1.82, 2.24) is 0 Å². The number of hydrogen-bond donors (Lipinski definition) is 0. The number of fused-ring (bicyclic) bond motifs is 1. The summed E-state index contributed by atoms with van der Waals surface area (Å²) in [6.45, 7) is 0. The van der Waals surface area contributed by atoms with Gasteiger partial charge in [0.05, 0.1) is 0 Å². The van der Waals surface area contributed by atoms with Gasteiger partial charge in [-0.2, -0.15) is 0 Å². The van der Waals surface area contributed by atoms with Gasteiger partial charge in [-0.3, -0.25) is 0 Å². The van der Waals surface area contributed by atoms with Gasteiger partial charge in [0, 0.05) is 5.57 Å². The van der Waals surface area contributed by atoms with E-state index >= 15 is 0 Å². The Kier molecular flexibility index (Phi) is 6.28. The average Bonchev–Trinajstić information content (AvgIpc) is 3.37. The lowest BCUT2D eigenvalue weighted by atomic mass is 9.98. The molecule has 0 aliphatic heterocycles. The number of rotatable bonds is 2. The molecule has 140 valence electrons. The Bertz CT molecular complexity index is 716. The van der Waals surface area contributed by atoms with E-state index in [0.717, 1.165) is 11.8 Å². The van der Waals surface area contributed by atoms with E-state index in [9.17, 15) is 0 Å². The van der Waals surface area contributed by atoms with Crippen LogP contribution in [0.15, 0.2) is 72.0 Å². The third-order valence-electron chi connectivity index (χ3n) is 6.35. The summed E-state index contributed by atoms with van der Waals surface area (Å²) in [4.78, 5) is 0. The maximum absolute atomic E-state index is 3.93. The van der Waals surface area contributed by atoms with E-state index in [1.807, 2.05) is 0 Å². The fraction of sp³-hybridized carbons (Fsp3) is 0.444. The molecule has 0 heterocycles. The largest absolute Gasteiger partial charge is 0.112 e. The Labute approximate surface area is 165 Å². The molecule has 0 radical (unpaired) electrons. The van der Waals surface area contributed by atoms with E-state index in [1.165, 1.54) is 80.9 Å². The van der Waals surface area contributed by atoms with E-state index in [2.05, 4.69) is 66.4 Å². The summed E-state index contributed by atoms with van der Waals surface area (Å²) in [5, 5.41) is 0. The molecule has 0 spiro atoms. The molecule has 2 atom stereocenters. The lowest BCUT2D eigenvalue weighted by Crippen LogP contribution is -1.89. The van der Waals surface area contributed by atoms with Crippen molar-refractivity contribution in [1.29, 1.82) is 0 Å². The van der Waals surface area contributed by atoms with E-state index in [4.69, 9.17) is 0 Å². The average molecular weight is 357 g/mol. The van der Waals surface area contributed by atoms with Crippen molar-refractivity contribution in [3.63, 3.8) is 0 Å². The molecule has 2 saturated carbocycles. The fourth-order valence-corrected chi connectivity index (χ4v) is 4.73. The molecule has 4 rings (SSSR count). The zero-order valence-corrected chi connectivity index (χ0v) is 16.5. The van der Waals surface area contributed by atoms with Crippen LogP contribution in [0, 0.1) is 11.8 Å². The van der Waals surface area contributed by atoms with Crippen LogP contribution in [0.4, 0.5) is 0 Å². The van der Waals surface area contributed by atoms with Crippen LogP contribution in [0.25, 0.3) is 5.57 Å². The first-order valence-electron chi connectivity index (χ1n) is 11.0. The van der Waals surface area contributed by atoms with Crippen LogP contribution >= 0.6 is 0 Å². The molecule has 2 aliphatic rings. The van der Waals surface area contributed by atoms with Gasteiger partial charge in [0.25, 0.3) is 0 Å². The van der Waals surface area contributed by atoms with E-state index < -0.39 is 0 Å². The summed E-state index contributed by atoms with van der Waals surface area (Å²) in [7, 11) is 0. The van der Waals surface area contributed by atoms with Gasteiger partial charge in [0.2, 0.25) is 0 Å². The highest BCUT2D eigenvalue weighted by atomic mass is 14.5. The summed E-state index contributed by atoms with van der Waals surface area (Å²) in [6, 6.07) is 21.7. The minimum atomic E-state index is 0.798. The maximum Gasteiger partial charge on any atom is 0.0309 e. The second-order valence-corrected chi connectivity index (χ2v) is 8.31. The Morgan fingerprint density at radius 1 is 0.556 bits per heavy atom. The first-order valence-corrected chi connectivity index (χ1v) is 11.0. The predicted molar refractivity (Wildman–Crippen MR) is 116 cm³/mol. The van der Waals surface area contributed by atoms with Gasteiger partial charge in [-0.25, -0.2) is 0 Å². The van der Waals surface area contributed by atoms with Crippen molar-refractivity contribution in [2.75, 3.05) is 0 Å². The summed E-state index contributed by atoms with van der Waals surface area (Å²) in [5.74, 6) is 1.60. The molecule has 0 N–H and O–H groups in total. The zero-order valence-electron chi connectivity index (χ0n) is 16.5. The second kappa shape index (κ2) is 9.25. The first-order chi connectivity index (χ1) is 13.4. The normalized spacial score (nSPS) is 23.3. The first kappa shape index (κ1) is 18.3. The van der Waals surface area contributed by atoms with Crippen molar-refractivity contribution in [3.8, 4) is 0 Å². The van der Waals surface area contributed by atoms with Gasteiger partial charge in [0.15, 0.2) is 0 Å². The van der Waals surface area contributed by atoms with E-state index in [-0.39, 0.29) is 0 Å². The smallest absolute Gasteiger partial charge is 0.0309 e. The Morgan fingerprint density at radius 3 is 1.41 bits per heavy atom. The van der Waals surface area contributed by atoms with Crippen molar-refractivity contribution < 1.29 is 0 Å². The lowest BCUT2D eigenvalue weighted by Gasteiger charge is -2.05. The quantitative estimate of drug-likeness (QED) is 0.481. The highest BCUT2D eigenvalue weighted by Crippen LogP contribution is 2.52.